The summed E-state index contributed by atoms with van der Waals surface area (Å²) in [6, 6.07) is 0. The second-order valence-electron chi connectivity index (χ2n) is 7.43. The first-order valence-electron chi connectivity index (χ1n) is 10.9. The maximum Gasteiger partial charge on any atom is 0.536 e. The van der Waals surface area contributed by atoms with Gasteiger partial charge in [0, 0.05) is 79.9 Å². The molecule has 1 aliphatic carbocycles. The largest absolute Gasteiger partial charge is 0.536 e. The van der Waals surface area contributed by atoms with E-state index < -0.39 is 26.4 Å². The maximum atomic E-state index is 5.83. The van der Waals surface area contributed by atoms with Crippen molar-refractivity contribution in [2.24, 2.45) is 0 Å². The highest BCUT2D eigenvalue weighted by molar-refractivity contribution is 6.69. The summed E-state index contributed by atoms with van der Waals surface area (Å²) < 4.78 is 52.0. The Morgan fingerprint density at radius 1 is 0.667 bits per heavy atom. The Morgan fingerprint density at radius 3 is 1.64 bits per heavy atom. The topological polar surface area (TPSA) is 83.1 Å². The molecule has 33 heavy (non-hydrogen) atoms. The molecule has 0 N–H and O–H groups in total. The van der Waals surface area contributed by atoms with Gasteiger partial charge in [-0.1, -0.05) is 24.3 Å². The SMILES string of the molecule is CO[Si](OC)(OC)C1=C\CCC([Si](OC)(OC)OC)CCC/C([Si](OC)(OC)OC)=C/C=C\1. The molecule has 0 saturated heterocycles. The number of hydrogen-bond donors (Lipinski definition) is 0. The normalized spacial score (nSPS) is 23.6. The molecular weight excluding hydrogens is 480 g/mol. The van der Waals surface area contributed by atoms with Gasteiger partial charge < -0.3 is 39.8 Å². The van der Waals surface area contributed by atoms with E-state index >= 15 is 0 Å². The van der Waals surface area contributed by atoms with E-state index in [0.717, 1.165) is 42.5 Å². The second kappa shape index (κ2) is 14.8. The molecule has 12 heteroatoms. The first-order chi connectivity index (χ1) is 15.9. The van der Waals surface area contributed by atoms with Crippen LogP contribution in [0, 0.1) is 0 Å². The van der Waals surface area contributed by atoms with E-state index in [4.69, 9.17) is 39.8 Å². The molecular formula is C21H42O9Si3. The van der Waals surface area contributed by atoms with E-state index in [1.54, 1.807) is 64.0 Å². The van der Waals surface area contributed by atoms with Gasteiger partial charge in [-0.05, 0) is 32.1 Å². The monoisotopic (exact) mass is 522 g/mol. The van der Waals surface area contributed by atoms with Crippen LogP contribution in [0.3, 0.4) is 0 Å². The van der Waals surface area contributed by atoms with Crippen LogP contribution >= 0.6 is 0 Å². The first-order valence-corrected chi connectivity index (χ1v) is 16.2. The van der Waals surface area contributed by atoms with E-state index in [1.165, 1.54) is 0 Å². The lowest BCUT2D eigenvalue weighted by molar-refractivity contribution is 0.107. The Bertz CT molecular complexity index is 633. The van der Waals surface area contributed by atoms with Gasteiger partial charge in [-0.2, -0.15) is 0 Å². The zero-order valence-electron chi connectivity index (χ0n) is 21.6. The molecule has 192 valence electrons. The fourth-order valence-electron chi connectivity index (χ4n) is 4.38. The van der Waals surface area contributed by atoms with Gasteiger partial charge >= 0.3 is 26.4 Å². The molecule has 0 bridgehead atoms. The van der Waals surface area contributed by atoms with E-state index in [-0.39, 0.29) is 5.54 Å². The van der Waals surface area contributed by atoms with Crippen LogP contribution in [0.1, 0.15) is 32.1 Å². The zero-order chi connectivity index (χ0) is 25.0. The van der Waals surface area contributed by atoms with Crippen molar-refractivity contribution in [2.45, 2.75) is 37.6 Å². The highest BCUT2D eigenvalue weighted by atomic mass is 28.4. The molecule has 0 heterocycles. The summed E-state index contributed by atoms with van der Waals surface area (Å²) in [5.41, 5.74) is 0.104. The summed E-state index contributed by atoms with van der Waals surface area (Å²) in [6.07, 6.45) is 12.1. The van der Waals surface area contributed by atoms with E-state index in [0.29, 0.717) is 0 Å². The molecule has 0 saturated carbocycles. The molecule has 0 amide bonds. The van der Waals surface area contributed by atoms with Crippen molar-refractivity contribution in [3.05, 3.63) is 34.7 Å². The van der Waals surface area contributed by atoms with E-state index in [2.05, 4.69) is 6.08 Å². The van der Waals surface area contributed by atoms with Gasteiger partial charge in [0.05, 0.1) is 0 Å². The second-order valence-corrected chi connectivity index (χ2v) is 16.6. The van der Waals surface area contributed by atoms with E-state index in [9.17, 15) is 0 Å². The summed E-state index contributed by atoms with van der Waals surface area (Å²) in [7, 11) is 5.72. The lowest BCUT2D eigenvalue weighted by atomic mass is 10.1. The van der Waals surface area contributed by atoms with Crippen molar-refractivity contribution in [3.63, 3.8) is 0 Å². The van der Waals surface area contributed by atoms with Gasteiger partial charge in [0.2, 0.25) is 0 Å². The van der Waals surface area contributed by atoms with Gasteiger partial charge in [0.15, 0.2) is 0 Å². The summed E-state index contributed by atoms with van der Waals surface area (Å²) in [5, 5.41) is 1.84. The predicted molar refractivity (Wildman–Crippen MR) is 132 cm³/mol. The average Bonchev–Trinajstić information content (AvgIpc) is 2.85. The van der Waals surface area contributed by atoms with Gasteiger partial charge in [0.1, 0.15) is 0 Å². The van der Waals surface area contributed by atoms with Crippen LogP contribution in [-0.4, -0.2) is 90.4 Å². The number of rotatable bonds is 12. The van der Waals surface area contributed by atoms with Gasteiger partial charge in [-0.15, -0.1) is 0 Å². The highest BCUT2D eigenvalue weighted by Gasteiger charge is 2.48. The van der Waals surface area contributed by atoms with Crippen molar-refractivity contribution >= 4 is 26.4 Å². The van der Waals surface area contributed by atoms with Crippen molar-refractivity contribution in [2.75, 3.05) is 64.0 Å². The van der Waals surface area contributed by atoms with Crippen molar-refractivity contribution in [1.29, 1.82) is 0 Å². The minimum Gasteiger partial charge on any atom is -0.377 e. The van der Waals surface area contributed by atoms with E-state index in [1.807, 2.05) is 18.2 Å². The number of hydrogen-bond acceptors (Lipinski definition) is 9. The Hall–Kier alpha value is -0.489. The molecule has 1 atom stereocenters. The molecule has 0 aromatic rings. The highest BCUT2D eigenvalue weighted by Crippen LogP contribution is 2.36. The van der Waals surface area contributed by atoms with Gasteiger partial charge in [0.25, 0.3) is 0 Å². The standard InChI is InChI=1S/C21H42O9Si3/c1-22-31(23-2,24-3)19-13-10-15-20(32(25-4,26-5)27-6)17-12-18-21(16-11-14-19)33(28-7,29-8)30-9/h10,13-15,21H,11-12,16-18H2,1-9H3/b13-10-,19-14-,20-15-. The minimum atomic E-state index is -3.04. The molecule has 1 unspecified atom stereocenters. The third-order valence-electron chi connectivity index (χ3n) is 6.16. The fourth-order valence-corrected chi connectivity index (χ4v) is 10.9. The Labute approximate surface area is 202 Å². The molecule has 0 aliphatic heterocycles. The molecule has 1 rings (SSSR count). The fraction of sp³-hybridized carbons (Fsp3) is 0.714. The summed E-state index contributed by atoms with van der Waals surface area (Å²) in [6.45, 7) is 0. The molecule has 1 aliphatic rings. The van der Waals surface area contributed by atoms with Crippen molar-refractivity contribution in [3.8, 4) is 0 Å². The summed E-state index contributed by atoms with van der Waals surface area (Å²) in [5.74, 6) is 0. The maximum absolute atomic E-state index is 5.83. The molecule has 0 spiro atoms. The molecule has 0 radical (unpaired) electrons. The van der Waals surface area contributed by atoms with Crippen molar-refractivity contribution in [1.82, 2.24) is 0 Å². The van der Waals surface area contributed by atoms with Gasteiger partial charge in [-0.3, -0.25) is 0 Å². The number of allylic oxidation sites excluding steroid dienone is 6. The van der Waals surface area contributed by atoms with Crippen LogP contribution in [0.4, 0.5) is 0 Å². The van der Waals surface area contributed by atoms with Crippen LogP contribution in [0.25, 0.3) is 0 Å². The predicted octanol–water partition coefficient (Wildman–Crippen LogP) is 3.44. The summed E-state index contributed by atoms with van der Waals surface area (Å²) >= 11 is 0. The third kappa shape index (κ3) is 7.02. The van der Waals surface area contributed by atoms with Crippen LogP contribution in [-0.2, 0) is 39.8 Å². The third-order valence-corrected chi connectivity index (χ3v) is 15.0. The van der Waals surface area contributed by atoms with Crippen LogP contribution < -0.4 is 0 Å². The van der Waals surface area contributed by atoms with Crippen LogP contribution in [0.15, 0.2) is 34.7 Å². The summed E-state index contributed by atoms with van der Waals surface area (Å²) in [4.78, 5) is 0. The molecule has 0 aromatic carbocycles. The lowest BCUT2D eigenvalue weighted by Crippen LogP contribution is -2.48. The van der Waals surface area contributed by atoms with Crippen molar-refractivity contribution < 1.29 is 39.8 Å². The van der Waals surface area contributed by atoms with Gasteiger partial charge in [-0.25, -0.2) is 0 Å². The Morgan fingerprint density at radius 2 is 1.18 bits per heavy atom. The Balaban J connectivity index is 3.55. The quantitative estimate of drug-likeness (QED) is 0.358. The smallest absolute Gasteiger partial charge is 0.377 e. The average molecular weight is 523 g/mol. The molecule has 9 nitrogen and oxygen atoms in total. The molecule has 0 fully saturated rings. The Kier molecular flexibility index (Phi) is 13.7. The first kappa shape index (κ1) is 30.5. The zero-order valence-corrected chi connectivity index (χ0v) is 24.6. The lowest BCUT2D eigenvalue weighted by Gasteiger charge is -2.33. The van der Waals surface area contributed by atoms with Crippen LogP contribution in [0.5, 0.6) is 0 Å². The molecule has 0 aromatic heterocycles. The minimum absolute atomic E-state index is 0.104. The van der Waals surface area contributed by atoms with Crippen LogP contribution in [0.2, 0.25) is 5.54 Å².